The van der Waals surface area contributed by atoms with E-state index in [2.05, 4.69) is 0 Å². The average molecular weight is 265 g/mol. The summed E-state index contributed by atoms with van der Waals surface area (Å²) in [6, 6.07) is 10.4. The first-order valence-corrected chi connectivity index (χ1v) is 6.23. The third kappa shape index (κ3) is 2.82. The van der Waals surface area contributed by atoms with Gasteiger partial charge in [-0.3, -0.25) is 0 Å². The molecule has 0 N–H and O–H groups in total. The Hall–Kier alpha value is -1.54. The Morgan fingerprint density at radius 3 is 2.44 bits per heavy atom. The quantitative estimate of drug-likeness (QED) is 0.711. The monoisotopic (exact) mass is 264 g/mol. The molecule has 0 unspecified atom stereocenters. The van der Waals surface area contributed by atoms with Gasteiger partial charge in [-0.05, 0) is 54.8 Å². The Morgan fingerprint density at radius 2 is 1.83 bits per heavy atom. The van der Waals surface area contributed by atoms with E-state index < -0.39 is 5.82 Å². The van der Waals surface area contributed by atoms with Crippen molar-refractivity contribution in [1.29, 1.82) is 0 Å². The van der Waals surface area contributed by atoms with Gasteiger partial charge in [0.15, 0.2) is 11.6 Å². The Labute approximate surface area is 111 Å². The summed E-state index contributed by atoms with van der Waals surface area (Å²) in [6.07, 6.45) is 0. The van der Waals surface area contributed by atoms with Crippen molar-refractivity contribution in [3.05, 3.63) is 58.9 Å². The maximum absolute atomic E-state index is 13.7. The van der Waals surface area contributed by atoms with E-state index in [9.17, 15) is 4.39 Å². The number of halogens is 2. The largest absolute Gasteiger partial charge is 0.454 e. The number of aryl methyl sites for hydroxylation is 2. The molecular formula is C15H14ClFO. The van der Waals surface area contributed by atoms with Crippen molar-refractivity contribution in [2.24, 2.45) is 0 Å². The van der Waals surface area contributed by atoms with E-state index in [1.807, 2.05) is 32.0 Å². The number of hydrogen-bond acceptors (Lipinski definition) is 1. The highest BCUT2D eigenvalue weighted by molar-refractivity contribution is 6.17. The first-order chi connectivity index (χ1) is 8.60. The fraction of sp³-hybridized carbons (Fsp3) is 0.200. The molecule has 0 aliphatic rings. The third-order valence-electron chi connectivity index (χ3n) is 2.86. The van der Waals surface area contributed by atoms with Crippen LogP contribution in [0.3, 0.4) is 0 Å². The predicted octanol–water partition coefficient (Wildman–Crippen LogP) is 4.97. The average Bonchev–Trinajstić information content (AvgIpc) is 2.36. The molecule has 0 saturated heterocycles. The fourth-order valence-corrected chi connectivity index (χ4v) is 1.78. The van der Waals surface area contributed by atoms with E-state index in [1.54, 1.807) is 12.1 Å². The summed E-state index contributed by atoms with van der Waals surface area (Å²) >= 11 is 5.64. The topological polar surface area (TPSA) is 9.23 Å². The second-order valence-electron chi connectivity index (χ2n) is 4.25. The smallest absolute Gasteiger partial charge is 0.166 e. The second-order valence-corrected chi connectivity index (χ2v) is 4.51. The van der Waals surface area contributed by atoms with Crippen LogP contribution >= 0.6 is 11.6 Å². The van der Waals surface area contributed by atoms with Gasteiger partial charge in [-0.25, -0.2) is 4.39 Å². The number of ether oxygens (including phenoxy) is 1. The third-order valence-corrected chi connectivity index (χ3v) is 3.17. The van der Waals surface area contributed by atoms with Crippen molar-refractivity contribution in [2.45, 2.75) is 19.7 Å². The van der Waals surface area contributed by atoms with Crippen LogP contribution in [0.5, 0.6) is 11.5 Å². The molecule has 94 valence electrons. The van der Waals surface area contributed by atoms with E-state index >= 15 is 0 Å². The zero-order chi connectivity index (χ0) is 13.1. The van der Waals surface area contributed by atoms with Gasteiger partial charge in [0.25, 0.3) is 0 Å². The molecule has 2 rings (SSSR count). The minimum absolute atomic E-state index is 0.215. The maximum atomic E-state index is 13.7. The Balaban J connectivity index is 2.25. The number of alkyl halides is 1. The predicted molar refractivity (Wildman–Crippen MR) is 71.9 cm³/mol. The summed E-state index contributed by atoms with van der Waals surface area (Å²) in [4.78, 5) is 0. The van der Waals surface area contributed by atoms with Crippen LogP contribution in [0.2, 0.25) is 0 Å². The molecule has 1 nitrogen and oxygen atoms in total. The zero-order valence-corrected chi connectivity index (χ0v) is 11.1. The van der Waals surface area contributed by atoms with Crippen molar-refractivity contribution >= 4 is 11.6 Å². The molecule has 18 heavy (non-hydrogen) atoms. The highest BCUT2D eigenvalue weighted by Crippen LogP contribution is 2.27. The fourth-order valence-electron chi connectivity index (χ4n) is 1.61. The number of rotatable bonds is 3. The molecule has 2 aromatic carbocycles. The molecule has 0 bridgehead atoms. The van der Waals surface area contributed by atoms with Gasteiger partial charge in [-0.2, -0.15) is 0 Å². The van der Waals surface area contributed by atoms with Gasteiger partial charge < -0.3 is 4.74 Å². The van der Waals surface area contributed by atoms with E-state index in [1.165, 1.54) is 11.6 Å². The first kappa shape index (κ1) is 12.9. The van der Waals surface area contributed by atoms with Gasteiger partial charge in [0.1, 0.15) is 5.75 Å². The molecule has 0 aliphatic heterocycles. The standard InChI is InChI=1S/C15H14ClFO/c1-10-3-5-13(7-11(10)2)18-15-6-4-12(9-16)8-14(15)17/h3-8H,9H2,1-2H3. The molecule has 0 radical (unpaired) electrons. The minimum atomic E-state index is -0.397. The summed E-state index contributed by atoms with van der Waals surface area (Å²) in [5, 5.41) is 0. The van der Waals surface area contributed by atoms with Crippen LogP contribution in [-0.4, -0.2) is 0 Å². The lowest BCUT2D eigenvalue weighted by Gasteiger charge is -2.09. The van der Waals surface area contributed by atoms with Crippen molar-refractivity contribution in [2.75, 3.05) is 0 Å². The van der Waals surface area contributed by atoms with Gasteiger partial charge in [0, 0.05) is 5.88 Å². The summed E-state index contributed by atoms with van der Waals surface area (Å²) in [5.41, 5.74) is 3.03. The Bertz CT molecular complexity index is 566. The molecule has 3 heteroatoms. The van der Waals surface area contributed by atoms with E-state index in [4.69, 9.17) is 16.3 Å². The van der Waals surface area contributed by atoms with Gasteiger partial charge >= 0.3 is 0 Å². The van der Waals surface area contributed by atoms with Crippen LogP contribution < -0.4 is 4.74 Å². The summed E-state index contributed by atoms with van der Waals surface area (Å²) in [5.74, 6) is 0.745. The summed E-state index contributed by atoms with van der Waals surface area (Å²) in [6.45, 7) is 4.02. The lowest BCUT2D eigenvalue weighted by molar-refractivity contribution is 0.441. The van der Waals surface area contributed by atoms with E-state index in [0.29, 0.717) is 11.6 Å². The second kappa shape index (κ2) is 5.40. The van der Waals surface area contributed by atoms with Gasteiger partial charge in [-0.1, -0.05) is 12.1 Å². The molecule has 0 fully saturated rings. The van der Waals surface area contributed by atoms with Crippen LogP contribution in [0.4, 0.5) is 4.39 Å². The molecule has 0 heterocycles. The highest BCUT2D eigenvalue weighted by atomic mass is 35.5. The molecular weight excluding hydrogens is 251 g/mol. The summed E-state index contributed by atoms with van der Waals surface area (Å²) < 4.78 is 19.2. The SMILES string of the molecule is Cc1ccc(Oc2ccc(CCl)cc2F)cc1C. The van der Waals surface area contributed by atoms with Crippen LogP contribution in [0, 0.1) is 19.7 Å². The zero-order valence-electron chi connectivity index (χ0n) is 10.3. The normalized spacial score (nSPS) is 10.4. The molecule has 0 aromatic heterocycles. The van der Waals surface area contributed by atoms with Crippen molar-refractivity contribution in [3.63, 3.8) is 0 Å². The van der Waals surface area contributed by atoms with Crippen molar-refractivity contribution in [3.8, 4) is 11.5 Å². The Morgan fingerprint density at radius 1 is 1.06 bits per heavy atom. The molecule has 0 aliphatic carbocycles. The lowest BCUT2D eigenvalue weighted by atomic mass is 10.1. The summed E-state index contributed by atoms with van der Waals surface area (Å²) in [7, 11) is 0. The van der Waals surface area contributed by atoms with Gasteiger partial charge in [0.05, 0.1) is 0 Å². The van der Waals surface area contributed by atoms with Crippen LogP contribution in [0.15, 0.2) is 36.4 Å². The number of hydrogen-bond donors (Lipinski definition) is 0. The first-order valence-electron chi connectivity index (χ1n) is 5.69. The molecule has 0 atom stereocenters. The highest BCUT2D eigenvalue weighted by Gasteiger charge is 2.06. The van der Waals surface area contributed by atoms with Crippen molar-refractivity contribution < 1.29 is 9.13 Å². The molecule has 0 spiro atoms. The maximum Gasteiger partial charge on any atom is 0.166 e. The van der Waals surface area contributed by atoms with Crippen molar-refractivity contribution in [1.82, 2.24) is 0 Å². The van der Waals surface area contributed by atoms with E-state index in [0.717, 1.165) is 11.1 Å². The molecule has 0 amide bonds. The molecule has 2 aromatic rings. The van der Waals surface area contributed by atoms with E-state index in [-0.39, 0.29) is 5.75 Å². The number of benzene rings is 2. The van der Waals surface area contributed by atoms with Gasteiger partial charge in [-0.15, -0.1) is 11.6 Å². The van der Waals surface area contributed by atoms with Gasteiger partial charge in [0.2, 0.25) is 0 Å². The van der Waals surface area contributed by atoms with Crippen LogP contribution in [0.1, 0.15) is 16.7 Å². The van der Waals surface area contributed by atoms with Crippen LogP contribution in [0.25, 0.3) is 0 Å². The minimum Gasteiger partial charge on any atom is -0.454 e. The Kier molecular flexibility index (Phi) is 3.87. The van der Waals surface area contributed by atoms with Crippen LogP contribution in [-0.2, 0) is 5.88 Å². The molecule has 0 saturated carbocycles. The lowest BCUT2D eigenvalue weighted by Crippen LogP contribution is -1.91.